The van der Waals surface area contributed by atoms with Crippen molar-refractivity contribution in [3.8, 4) is 28.5 Å². The first kappa shape index (κ1) is 16.7. The highest BCUT2D eigenvalue weighted by Gasteiger charge is 2.17. The van der Waals surface area contributed by atoms with Crippen LogP contribution in [-0.4, -0.2) is 33.7 Å². The van der Waals surface area contributed by atoms with E-state index in [9.17, 15) is 5.11 Å². The van der Waals surface area contributed by atoms with E-state index in [0.717, 1.165) is 17.1 Å². The third-order valence-corrected chi connectivity index (χ3v) is 4.21. The second-order valence-electron chi connectivity index (χ2n) is 5.86. The first-order chi connectivity index (χ1) is 13.2. The molecule has 0 aliphatic heterocycles. The number of phenolic OH excluding ortho intramolecular Hbond substituents is 1. The Morgan fingerprint density at radius 3 is 2.74 bits per heavy atom. The first-order valence-corrected chi connectivity index (χ1v) is 8.30. The number of benzene rings is 2. The molecule has 0 atom stereocenters. The molecule has 4 aromatic rings. The SMILES string of the molecule is COc1ccc(OC)c(Nc2c(-c3cccc(O)c3)nc3cnccn23)c1. The number of aromatic hydroxyl groups is 1. The summed E-state index contributed by atoms with van der Waals surface area (Å²) in [4.78, 5) is 8.81. The summed E-state index contributed by atoms with van der Waals surface area (Å²) in [6.07, 6.45) is 5.19. The number of hydrogen-bond acceptors (Lipinski definition) is 6. The molecular formula is C20H18N4O3. The Morgan fingerprint density at radius 2 is 1.96 bits per heavy atom. The highest BCUT2D eigenvalue weighted by atomic mass is 16.5. The van der Waals surface area contributed by atoms with E-state index in [4.69, 9.17) is 9.47 Å². The molecule has 0 bridgehead atoms. The molecule has 0 radical (unpaired) electrons. The Bertz CT molecular complexity index is 1110. The number of aromatic nitrogens is 3. The lowest BCUT2D eigenvalue weighted by Gasteiger charge is -2.14. The molecule has 0 amide bonds. The fourth-order valence-corrected chi connectivity index (χ4v) is 2.92. The molecule has 136 valence electrons. The summed E-state index contributed by atoms with van der Waals surface area (Å²) in [6.45, 7) is 0. The molecule has 0 aliphatic rings. The van der Waals surface area contributed by atoms with E-state index in [-0.39, 0.29) is 5.75 Å². The van der Waals surface area contributed by atoms with Crippen molar-refractivity contribution < 1.29 is 14.6 Å². The van der Waals surface area contributed by atoms with Gasteiger partial charge in [0, 0.05) is 24.0 Å². The number of imidazole rings is 1. The molecule has 2 heterocycles. The second kappa shape index (κ2) is 6.87. The van der Waals surface area contributed by atoms with Crippen LogP contribution in [-0.2, 0) is 0 Å². The minimum Gasteiger partial charge on any atom is -0.508 e. The summed E-state index contributed by atoms with van der Waals surface area (Å²) in [5, 5.41) is 13.3. The van der Waals surface area contributed by atoms with Crippen LogP contribution in [0.4, 0.5) is 11.5 Å². The minimum absolute atomic E-state index is 0.174. The maximum atomic E-state index is 9.88. The van der Waals surface area contributed by atoms with Crippen LogP contribution in [0.5, 0.6) is 17.2 Å². The van der Waals surface area contributed by atoms with Gasteiger partial charge in [-0.3, -0.25) is 9.38 Å². The Morgan fingerprint density at radius 1 is 1.07 bits per heavy atom. The van der Waals surface area contributed by atoms with Gasteiger partial charge >= 0.3 is 0 Å². The predicted molar refractivity (Wildman–Crippen MR) is 103 cm³/mol. The number of nitrogens with zero attached hydrogens (tertiary/aromatic N) is 3. The van der Waals surface area contributed by atoms with Gasteiger partial charge in [-0.15, -0.1) is 0 Å². The number of anilines is 2. The monoisotopic (exact) mass is 362 g/mol. The maximum Gasteiger partial charge on any atom is 0.157 e. The highest BCUT2D eigenvalue weighted by molar-refractivity contribution is 5.81. The number of phenols is 1. The number of rotatable bonds is 5. The van der Waals surface area contributed by atoms with Gasteiger partial charge in [0.25, 0.3) is 0 Å². The summed E-state index contributed by atoms with van der Waals surface area (Å²) < 4.78 is 12.7. The summed E-state index contributed by atoms with van der Waals surface area (Å²) in [7, 11) is 3.23. The third kappa shape index (κ3) is 3.10. The normalized spacial score (nSPS) is 10.7. The average molecular weight is 362 g/mol. The number of methoxy groups -OCH3 is 2. The van der Waals surface area contributed by atoms with Crippen molar-refractivity contribution in [1.82, 2.24) is 14.4 Å². The van der Waals surface area contributed by atoms with Crippen LogP contribution in [0, 0.1) is 0 Å². The van der Waals surface area contributed by atoms with Crippen LogP contribution < -0.4 is 14.8 Å². The van der Waals surface area contributed by atoms with Crippen LogP contribution >= 0.6 is 0 Å². The largest absolute Gasteiger partial charge is 0.508 e. The zero-order chi connectivity index (χ0) is 18.8. The van der Waals surface area contributed by atoms with Crippen molar-refractivity contribution >= 4 is 17.2 Å². The highest BCUT2D eigenvalue weighted by Crippen LogP contribution is 2.36. The van der Waals surface area contributed by atoms with Crippen molar-refractivity contribution in [3.05, 3.63) is 61.1 Å². The van der Waals surface area contributed by atoms with Gasteiger partial charge in [0.05, 0.1) is 26.1 Å². The van der Waals surface area contributed by atoms with Crippen LogP contribution in [0.1, 0.15) is 0 Å². The lowest BCUT2D eigenvalue weighted by Crippen LogP contribution is -2.00. The molecule has 2 aromatic heterocycles. The smallest absolute Gasteiger partial charge is 0.157 e. The molecule has 0 aliphatic carbocycles. The Hall–Kier alpha value is -3.74. The van der Waals surface area contributed by atoms with E-state index in [1.54, 1.807) is 44.8 Å². The second-order valence-corrected chi connectivity index (χ2v) is 5.86. The van der Waals surface area contributed by atoms with Crippen LogP contribution in [0.3, 0.4) is 0 Å². The van der Waals surface area contributed by atoms with E-state index in [2.05, 4.69) is 15.3 Å². The molecule has 27 heavy (non-hydrogen) atoms. The predicted octanol–water partition coefficient (Wildman–Crippen LogP) is 3.86. The van der Waals surface area contributed by atoms with E-state index in [1.807, 2.05) is 34.9 Å². The maximum absolute atomic E-state index is 9.88. The molecule has 4 rings (SSSR count). The summed E-state index contributed by atoms with van der Waals surface area (Å²) in [5.41, 5.74) is 2.88. The van der Waals surface area contributed by atoms with Crippen molar-refractivity contribution in [3.63, 3.8) is 0 Å². The molecule has 7 nitrogen and oxygen atoms in total. The number of nitrogens with one attached hydrogen (secondary N) is 1. The Labute approximate surface area is 155 Å². The van der Waals surface area contributed by atoms with Crippen molar-refractivity contribution in [2.45, 2.75) is 0 Å². The summed E-state index contributed by atoms with van der Waals surface area (Å²) >= 11 is 0. The van der Waals surface area contributed by atoms with Crippen molar-refractivity contribution in [1.29, 1.82) is 0 Å². The van der Waals surface area contributed by atoms with E-state index >= 15 is 0 Å². The first-order valence-electron chi connectivity index (χ1n) is 8.30. The number of ether oxygens (including phenoxy) is 2. The average Bonchev–Trinajstić information content (AvgIpc) is 3.06. The van der Waals surface area contributed by atoms with Gasteiger partial charge in [-0.2, -0.15) is 0 Å². The Balaban J connectivity index is 1.90. The van der Waals surface area contributed by atoms with Crippen molar-refractivity contribution in [2.75, 3.05) is 19.5 Å². The molecular weight excluding hydrogens is 344 g/mol. The molecule has 0 saturated heterocycles. The van der Waals surface area contributed by atoms with Gasteiger partial charge in [0.15, 0.2) is 5.65 Å². The van der Waals surface area contributed by atoms with Crippen LogP contribution in [0.15, 0.2) is 61.1 Å². The Kier molecular flexibility index (Phi) is 4.25. The molecule has 0 saturated carbocycles. The van der Waals surface area contributed by atoms with Gasteiger partial charge in [-0.1, -0.05) is 12.1 Å². The third-order valence-electron chi connectivity index (χ3n) is 4.21. The topological polar surface area (TPSA) is 80.9 Å². The van der Waals surface area contributed by atoms with Crippen LogP contribution in [0.25, 0.3) is 16.9 Å². The standard InChI is InChI=1S/C20H18N4O3/c1-26-15-6-7-17(27-2)16(11-15)22-20-19(13-4-3-5-14(25)10-13)23-18-12-21-8-9-24(18)20/h3-12,22,25H,1-2H3. The van der Waals surface area contributed by atoms with E-state index in [1.165, 1.54) is 0 Å². The lowest BCUT2D eigenvalue weighted by atomic mass is 10.1. The van der Waals surface area contributed by atoms with Crippen molar-refractivity contribution in [2.24, 2.45) is 0 Å². The minimum atomic E-state index is 0.174. The van der Waals surface area contributed by atoms with Gasteiger partial charge in [0.2, 0.25) is 0 Å². The molecule has 2 aromatic carbocycles. The van der Waals surface area contributed by atoms with Crippen LogP contribution in [0.2, 0.25) is 0 Å². The van der Waals surface area contributed by atoms with Gasteiger partial charge in [0.1, 0.15) is 28.8 Å². The van der Waals surface area contributed by atoms with Gasteiger partial charge < -0.3 is 19.9 Å². The summed E-state index contributed by atoms with van der Waals surface area (Å²) in [6, 6.07) is 12.5. The summed E-state index contributed by atoms with van der Waals surface area (Å²) in [5.74, 6) is 2.27. The molecule has 0 spiro atoms. The molecule has 7 heteroatoms. The lowest BCUT2D eigenvalue weighted by molar-refractivity contribution is 0.405. The van der Waals surface area contributed by atoms with E-state index < -0.39 is 0 Å². The fourth-order valence-electron chi connectivity index (χ4n) is 2.92. The fraction of sp³-hybridized carbons (Fsp3) is 0.100. The van der Waals surface area contributed by atoms with Gasteiger partial charge in [-0.05, 0) is 24.3 Å². The molecule has 2 N–H and O–H groups in total. The zero-order valence-corrected chi connectivity index (χ0v) is 14.9. The zero-order valence-electron chi connectivity index (χ0n) is 14.9. The van der Waals surface area contributed by atoms with Gasteiger partial charge in [-0.25, -0.2) is 4.98 Å². The quantitative estimate of drug-likeness (QED) is 0.561. The number of hydrogen-bond donors (Lipinski definition) is 2. The molecule has 0 fully saturated rings. The number of fused-ring (bicyclic) bond motifs is 1. The van der Waals surface area contributed by atoms with E-state index in [0.29, 0.717) is 22.8 Å². The molecule has 0 unspecified atom stereocenters.